The Hall–Kier alpha value is -1.39. The number of nitrogens with one attached hydrogen (secondary N) is 2. The molecule has 0 saturated carbocycles. The maximum atomic E-state index is 12.6. The van der Waals surface area contributed by atoms with Crippen LogP contribution in [0.1, 0.15) is 15.9 Å². The standard InChI is InChI=1S/C15H9ClF3IN2OS/c16-10-7-8(15(17,18)19)5-6-12(10)21-14(24)22-13(23)9-3-1-2-4-11(9)20/h1-7H,(H2,21,22,23,24). The summed E-state index contributed by atoms with van der Waals surface area (Å²) in [5.74, 6) is -0.430. The molecule has 9 heteroatoms. The van der Waals surface area contributed by atoms with E-state index < -0.39 is 17.6 Å². The number of hydrogen-bond donors (Lipinski definition) is 2. The summed E-state index contributed by atoms with van der Waals surface area (Å²) in [6.45, 7) is 0. The summed E-state index contributed by atoms with van der Waals surface area (Å²) in [5.41, 5.74) is -0.273. The lowest BCUT2D eigenvalue weighted by Gasteiger charge is -2.13. The fraction of sp³-hybridized carbons (Fsp3) is 0.0667. The SMILES string of the molecule is O=C(NC(=S)Nc1ccc(C(F)(F)F)cc1Cl)c1ccccc1I. The highest BCUT2D eigenvalue weighted by Gasteiger charge is 2.30. The van der Waals surface area contributed by atoms with Crippen molar-refractivity contribution < 1.29 is 18.0 Å². The fourth-order valence-electron chi connectivity index (χ4n) is 1.76. The molecule has 2 N–H and O–H groups in total. The molecule has 0 heterocycles. The van der Waals surface area contributed by atoms with Crippen LogP contribution in [-0.4, -0.2) is 11.0 Å². The number of alkyl halides is 3. The molecule has 0 aliphatic heterocycles. The second-order valence-corrected chi connectivity index (χ2v) is 6.56. The first-order valence-electron chi connectivity index (χ1n) is 6.42. The molecule has 24 heavy (non-hydrogen) atoms. The summed E-state index contributed by atoms with van der Waals surface area (Å²) in [6, 6.07) is 9.70. The number of hydrogen-bond acceptors (Lipinski definition) is 2. The van der Waals surface area contributed by atoms with Crippen molar-refractivity contribution in [2.24, 2.45) is 0 Å². The van der Waals surface area contributed by atoms with Crippen LogP contribution in [0.2, 0.25) is 5.02 Å². The van der Waals surface area contributed by atoms with E-state index in [2.05, 4.69) is 10.6 Å². The van der Waals surface area contributed by atoms with Crippen LogP contribution < -0.4 is 10.6 Å². The number of carbonyl (C=O) groups excluding carboxylic acids is 1. The van der Waals surface area contributed by atoms with Crippen LogP contribution in [0.15, 0.2) is 42.5 Å². The molecular weight excluding hydrogens is 476 g/mol. The van der Waals surface area contributed by atoms with Crippen LogP contribution in [0.25, 0.3) is 0 Å². The van der Waals surface area contributed by atoms with Gasteiger partial charge >= 0.3 is 6.18 Å². The smallest absolute Gasteiger partial charge is 0.331 e. The first-order valence-corrected chi connectivity index (χ1v) is 8.28. The van der Waals surface area contributed by atoms with E-state index in [0.29, 0.717) is 5.56 Å². The maximum absolute atomic E-state index is 12.6. The van der Waals surface area contributed by atoms with Gasteiger partial charge in [-0.15, -0.1) is 0 Å². The number of anilines is 1. The molecule has 0 spiro atoms. The summed E-state index contributed by atoms with van der Waals surface area (Å²) in [4.78, 5) is 12.1. The largest absolute Gasteiger partial charge is 0.416 e. The number of carbonyl (C=O) groups is 1. The van der Waals surface area contributed by atoms with E-state index >= 15 is 0 Å². The van der Waals surface area contributed by atoms with Gasteiger partial charge in [0.05, 0.1) is 21.8 Å². The van der Waals surface area contributed by atoms with Crippen LogP contribution in [0, 0.1) is 3.57 Å². The number of thiocarbonyl (C=S) groups is 1. The molecule has 0 atom stereocenters. The number of benzene rings is 2. The minimum Gasteiger partial charge on any atom is -0.331 e. The van der Waals surface area contributed by atoms with Crippen LogP contribution in [0.4, 0.5) is 18.9 Å². The fourth-order valence-corrected chi connectivity index (χ4v) is 2.82. The summed E-state index contributed by atoms with van der Waals surface area (Å²) in [5, 5.41) is 4.84. The molecule has 1 amide bonds. The van der Waals surface area contributed by atoms with Gasteiger partial charge in [-0.05, 0) is 65.1 Å². The Morgan fingerprint density at radius 2 is 1.83 bits per heavy atom. The third-order valence-corrected chi connectivity index (χ3v) is 4.35. The minimum atomic E-state index is -4.49. The van der Waals surface area contributed by atoms with Gasteiger partial charge < -0.3 is 5.32 Å². The van der Waals surface area contributed by atoms with Crippen LogP contribution >= 0.6 is 46.4 Å². The van der Waals surface area contributed by atoms with Gasteiger partial charge in [-0.25, -0.2) is 0 Å². The average molecular weight is 485 g/mol. The zero-order chi connectivity index (χ0) is 17.9. The highest BCUT2D eigenvalue weighted by Crippen LogP contribution is 2.33. The van der Waals surface area contributed by atoms with E-state index in [1.54, 1.807) is 24.3 Å². The third-order valence-electron chi connectivity index (χ3n) is 2.89. The Balaban J connectivity index is 2.08. The molecule has 2 aromatic carbocycles. The molecule has 0 unspecified atom stereocenters. The van der Waals surface area contributed by atoms with Gasteiger partial charge in [0, 0.05) is 3.57 Å². The molecule has 2 rings (SSSR count). The lowest BCUT2D eigenvalue weighted by molar-refractivity contribution is -0.137. The van der Waals surface area contributed by atoms with Gasteiger partial charge in [0.25, 0.3) is 5.91 Å². The predicted octanol–water partition coefficient (Wildman–Crippen LogP) is 5.09. The monoisotopic (exact) mass is 484 g/mol. The molecule has 0 aliphatic rings. The molecule has 0 fully saturated rings. The summed E-state index contributed by atoms with van der Waals surface area (Å²) >= 11 is 12.8. The lowest BCUT2D eigenvalue weighted by Crippen LogP contribution is -2.34. The molecule has 0 bridgehead atoms. The van der Waals surface area contributed by atoms with Crippen molar-refractivity contribution >= 4 is 63.1 Å². The number of halogens is 5. The van der Waals surface area contributed by atoms with E-state index in [1.807, 2.05) is 22.6 Å². The van der Waals surface area contributed by atoms with Crippen molar-refractivity contribution in [1.29, 1.82) is 0 Å². The Kier molecular flexibility index (Phi) is 6.05. The van der Waals surface area contributed by atoms with E-state index in [0.717, 1.165) is 21.8 Å². The van der Waals surface area contributed by atoms with Crippen LogP contribution in [0.5, 0.6) is 0 Å². The molecular formula is C15H9ClF3IN2OS. The Labute approximate surface area is 159 Å². The maximum Gasteiger partial charge on any atom is 0.416 e. The minimum absolute atomic E-state index is 0.0682. The quantitative estimate of drug-likeness (QED) is 0.461. The second-order valence-electron chi connectivity index (χ2n) is 4.58. The van der Waals surface area contributed by atoms with Crippen molar-refractivity contribution in [1.82, 2.24) is 5.32 Å². The third kappa shape index (κ3) is 4.81. The molecule has 0 saturated heterocycles. The molecule has 0 aliphatic carbocycles. The topological polar surface area (TPSA) is 41.1 Å². The normalized spacial score (nSPS) is 11.0. The van der Waals surface area contributed by atoms with Crippen molar-refractivity contribution in [3.8, 4) is 0 Å². The van der Waals surface area contributed by atoms with Gasteiger partial charge in [0.1, 0.15) is 0 Å². The summed E-state index contributed by atoms with van der Waals surface area (Å²) < 4.78 is 38.5. The zero-order valence-electron chi connectivity index (χ0n) is 11.7. The van der Waals surface area contributed by atoms with E-state index in [-0.39, 0.29) is 15.8 Å². The summed E-state index contributed by atoms with van der Waals surface area (Å²) in [6.07, 6.45) is -4.49. The van der Waals surface area contributed by atoms with E-state index in [9.17, 15) is 18.0 Å². The Morgan fingerprint density at radius 1 is 1.17 bits per heavy atom. The average Bonchev–Trinajstić information content (AvgIpc) is 2.48. The highest BCUT2D eigenvalue weighted by atomic mass is 127. The van der Waals surface area contributed by atoms with Crippen LogP contribution in [0.3, 0.4) is 0 Å². The Morgan fingerprint density at radius 3 is 2.42 bits per heavy atom. The molecule has 2 aromatic rings. The predicted molar refractivity (Wildman–Crippen MR) is 99.3 cm³/mol. The lowest BCUT2D eigenvalue weighted by atomic mass is 10.2. The van der Waals surface area contributed by atoms with Gasteiger partial charge in [0.15, 0.2) is 5.11 Å². The zero-order valence-corrected chi connectivity index (χ0v) is 15.5. The van der Waals surface area contributed by atoms with Crippen molar-refractivity contribution in [2.45, 2.75) is 6.18 Å². The van der Waals surface area contributed by atoms with Gasteiger partial charge in [-0.1, -0.05) is 23.7 Å². The van der Waals surface area contributed by atoms with Crippen LogP contribution in [-0.2, 0) is 6.18 Å². The first-order chi connectivity index (χ1) is 11.2. The number of amides is 1. The molecule has 3 nitrogen and oxygen atoms in total. The molecule has 126 valence electrons. The van der Waals surface area contributed by atoms with Gasteiger partial charge in [-0.2, -0.15) is 13.2 Å². The van der Waals surface area contributed by atoms with E-state index in [1.165, 1.54) is 0 Å². The second kappa shape index (κ2) is 7.66. The van der Waals surface area contributed by atoms with Crippen molar-refractivity contribution in [2.75, 3.05) is 5.32 Å². The molecule has 0 aromatic heterocycles. The highest BCUT2D eigenvalue weighted by molar-refractivity contribution is 14.1. The first kappa shape index (κ1) is 18.9. The Bertz CT molecular complexity index is 799. The van der Waals surface area contributed by atoms with Crippen molar-refractivity contribution in [3.05, 3.63) is 62.2 Å². The van der Waals surface area contributed by atoms with Gasteiger partial charge in [-0.3, -0.25) is 10.1 Å². The molecule has 0 radical (unpaired) electrons. The number of rotatable bonds is 2. The van der Waals surface area contributed by atoms with Gasteiger partial charge in [0.2, 0.25) is 0 Å². The van der Waals surface area contributed by atoms with E-state index in [4.69, 9.17) is 23.8 Å². The summed E-state index contributed by atoms with van der Waals surface area (Å²) in [7, 11) is 0. The van der Waals surface area contributed by atoms with Crippen molar-refractivity contribution in [3.63, 3.8) is 0 Å².